The van der Waals surface area contributed by atoms with E-state index in [0.717, 1.165) is 11.1 Å². The van der Waals surface area contributed by atoms with E-state index < -0.39 is 0 Å². The van der Waals surface area contributed by atoms with Gasteiger partial charge in [0, 0.05) is 6.42 Å². The minimum Gasteiger partial charge on any atom is -0.508 e. The van der Waals surface area contributed by atoms with E-state index in [-0.39, 0.29) is 30.8 Å². The maximum Gasteiger partial charge on any atom is 0.306 e. The maximum absolute atomic E-state index is 12.0. The third kappa shape index (κ3) is 5.03. The van der Waals surface area contributed by atoms with Crippen LogP contribution in [0.25, 0.3) is 0 Å². The highest BCUT2D eigenvalue weighted by atomic mass is 16.5. The molecule has 4 rings (SSSR count). The van der Waals surface area contributed by atoms with Gasteiger partial charge in [-0.25, -0.2) is 9.98 Å². The van der Waals surface area contributed by atoms with Gasteiger partial charge in [0.15, 0.2) is 0 Å². The van der Waals surface area contributed by atoms with Crippen molar-refractivity contribution in [3.63, 3.8) is 0 Å². The summed E-state index contributed by atoms with van der Waals surface area (Å²) in [4.78, 5) is 21.2. The SMILES string of the molecule is O=C(CCc1ccc(O)cc1)OCc1cccc(C2=N[C@H](c3ccccc3)CO2)n1. The summed E-state index contributed by atoms with van der Waals surface area (Å²) in [6.45, 7) is 0.579. The predicted octanol–water partition coefficient (Wildman–Crippen LogP) is 3.98. The molecule has 1 atom stereocenters. The van der Waals surface area contributed by atoms with Crippen molar-refractivity contribution < 1.29 is 19.4 Å². The lowest BCUT2D eigenvalue weighted by Crippen LogP contribution is -2.09. The zero-order valence-corrected chi connectivity index (χ0v) is 16.4. The van der Waals surface area contributed by atoms with Crippen LogP contribution in [0, 0.1) is 0 Å². The van der Waals surface area contributed by atoms with Crippen molar-refractivity contribution in [3.05, 3.63) is 95.3 Å². The Labute approximate surface area is 174 Å². The van der Waals surface area contributed by atoms with E-state index in [4.69, 9.17) is 9.47 Å². The fourth-order valence-corrected chi connectivity index (χ4v) is 3.17. The van der Waals surface area contributed by atoms with Crippen molar-refractivity contribution in [1.82, 2.24) is 4.98 Å². The number of aromatic nitrogens is 1. The first kappa shape index (κ1) is 19.6. The quantitative estimate of drug-likeness (QED) is 0.605. The number of pyridine rings is 1. The number of phenolic OH excluding ortho intramolecular Hbond substituents is 1. The Morgan fingerprint density at radius 2 is 1.83 bits per heavy atom. The van der Waals surface area contributed by atoms with Crippen LogP contribution in [-0.2, 0) is 27.3 Å². The molecule has 0 amide bonds. The van der Waals surface area contributed by atoms with Crippen LogP contribution in [0.1, 0.15) is 35.0 Å². The van der Waals surface area contributed by atoms with Crippen LogP contribution in [0.15, 0.2) is 77.8 Å². The molecule has 0 fully saturated rings. The molecule has 0 bridgehead atoms. The average Bonchev–Trinajstić information content (AvgIpc) is 3.29. The number of aliphatic imine (C=N–C) groups is 1. The predicted molar refractivity (Wildman–Crippen MR) is 112 cm³/mol. The minimum atomic E-state index is -0.297. The van der Waals surface area contributed by atoms with Crippen LogP contribution in [0.3, 0.4) is 0 Å². The summed E-state index contributed by atoms with van der Waals surface area (Å²) in [5.74, 6) is 0.413. The summed E-state index contributed by atoms with van der Waals surface area (Å²) in [5.41, 5.74) is 3.34. The molecule has 1 aliphatic rings. The molecule has 3 aromatic rings. The highest BCUT2D eigenvalue weighted by Crippen LogP contribution is 2.24. The first-order valence-corrected chi connectivity index (χ1v) is 9.83. The van der Waals surface area contributed by atoms with Gasteiger partial charge >= 0.3 is 5.97 Å². The van der Waals surface area contributed by atoms with Crippen LogP contribution >= 0.6 is 0 Å². The Balaban J connectivity index is 1.32. The lowest BCUT2D eigenvalue weighted by atomic mass is 10.1. The molecule has 0 unspecified atom stereocenters. The van der Waals surface area contributed by atoms with Crippen molar-refractivity contribution in [3.8, 4) is 5.75 Å². The molecule has 1 N–H and O–H groups in total. The topological polar surface area (TPSA) is 81.0 Å². The normalized spacial score (nSPS) is 15.3. The summed E-state index contributed by atoms with van der Waals surface area (Å²) < 4.78 is 11.1. The maximum atomic E-state index is 12.0. The van der Waals surface area contributed by atoms with Crippen LogP contribution in [-0.4, -0.2) is 28.6 Å². The third-order valence-corrected chi connectivity index (χ3v) is 4.80. The molecule has 152 valence electrons. The minimum absolute atomic E-state index is 0.0376. The molecule has 1 aromatic heterocycles. The highest BCUT2D eigenvalue weighted by Gasteiger charge is 2.22. The van der Waals surface area contributed by atoms with Crippen molar-refractivity contribution in [2.24, 2.45) is 4.99 Å². The molecule has 6 nitrogen and oxygen atoms in total. The molecule has 6 heteroatoms. The van der Waals surface area contributed by atoms with E-state index in [2.05, 4.69) is 9.98 Å². The number of aromatic hydroxyl groups is 1. The molecule has 30 heavy (non-hydrogen) atoms. The molecular weight excluding hydrogens is 380 g/mol. The summed E-state index contributed by atoms with van der Waals surface area (Å²) in [6.07, 6.45) is 0.817. The molecular formula is C24H22N2O4. The van der Waals surface area contributed by atoms with E-state index in [1.54, 1.807) is 30.3 Å². The number of carbonyl (C=O) groups is 1. The Morgan fingerprint density at radius 1 is 1.03 bits per heavy atom. The van der Waals surface area contributed by atoms with Crippen molar-refractivity contribution in [2.45, 2.75) is 25.5 Å². The molecule has 1 aliphatic heterocycles. The zero-order valence-electron chi connectivity index (χ0n) is 16.4. The molecule has 0 radical (unpaired) electrons. The van der Waals surface area contributed by atoms with Crippen LogP contribution < -0.4 is 0 Å². The number of phenols is 1. The molecule has 0 saturated heterocycles. The number of rotatable bonds is 7. The lowest BCUT2D eigenvalue weighted by molar-refractivity contribution is -0.145. The van der Waals surface area contributed by atoms with E-state index >= 15 is 0 Å². The largest absolute Gasteiger partial charge is 0.508 e. The summed E-state index contributed by atoms with van der Waals surface area (Å²) in [7, 11) is 0. The Morgan fingerprint density at radius 3 is 2.63 bits per heavy atom. The Kier molecular flexibility index (Phi) is 6.03. The number of esters is 1. The van der Waals surface area contributed by atoms with E-state index in [0.29, 0.717) is 30.3 Å². The Hall–Kier alpha value is -3.67. The number of nitrogens with zero attached hydrogens (tertiary/aromatic N) is 2. The van der Waals surface area contributed by atoms with Crippen LogP contribution in [0.2, 0.25) is 0 Å². The van der Waals surface area contributed by atoms with Gasteiger partial charge in [-0.3, -0.25) is 4.79 Å². The van der Waals surface area contributed by atoms with E-state index in [1.165, 1.54) is 0 Å². The number of hydrogen-bond acceptors (Lipinski definition) is 6. The van der Waals surface area contributed by atoms with Gasteiger partial charge in [0.05, 0.1) is 5.69 Å². The van der Waals surface area contributed by atoms with Gasteiger partial charge in [0.2, 0.25) is 5.90 Å². The highest BCUT2D eigenvalue weighted by molar-refractivity contribution is 5.93. The second-order valence-corrected chi connectivity index (χ2v) is 7.01. The van der Waals surface area contributed by atoms with E-state index in [9.17, 15) is 9.90 Å². The zero-order chi connectivity index (χ0) is 20.8. The number of hydrogen-bond donors (Lipinski definition) is 1. The lowest BCUT2D eigenvalue weighted by Gasteiger charge is -2.06. The Bertz CT molecular complexity index is 1030. The van der Waals surface area contributed by atoms with Crippen LogP contribution in [0.5, 0.6) is 5.75 Å². The molecule has 0 aliphatic carbocycles. The second-order valence-electron chi connectivity index (χ2n) is 7.01. The molecule has 0 spiro atoms. The van der Waals surface area contributed by atoms with Crippen molar-refractivity contribution in [1.29, 1.82) is 0 Å². The van der Waals surface area contributed by atoms with Gasteiger partial charge in [-0.05, 0) is 41.8 Å². The monoisotopic (exact) mass is 402 g/mol. The van der Waals surface area contributed by atoms with E-state index in [1.807, 2.05) is 42.5 Å². The third-order valence-electron chi connectivity index (χ3n) is 4.80. The summed E-state index contributed by atoms with van der Waals surface area (Å²) >= 11 is 0. The summed E-state index contributed by atoms with van der Waals surface area (Å²) in [5, 5.41) is 9.30. The van der Waals surface area contributed by atoms with Crippen molar-refractivity contribution >= 4 is 11.9 Å². The number of benzene rings is 2. The van der Waals surface area contributed by atoms with Gasteiger partial charge < -0.3 is 14.6 Å². The number of carbonyl (C=O) groups excluding carboxylic acids is 1. The van der Waals surface area contributed by atoms with Gasteiger partial charge in [-0.1, -0.05) is 48.5 Å². The molecule has 2 heterocycles. The second kappa shape index (κ2) is 9.22. The average molecular weight is 402 g/mol. The smallest absolute Gasteiger partial charge is 0.306 e. The molecule has 0 saturated carbocycles. The van der Waals surface area contributed by atoms with Gasteiger partial charge in [-0.2, -0.15) is 0 Å². The fraction of sp³-hybridized carbons (Fsp3) is 0.208. The van der Waals surface area contributed by atoms with Gasteiger partial charge in [-0.15, -0.1) is 0 Å². The van der Waals surface area contributed by atoms with Crippen LogP contribution in [0.4, 0.5) is 0 Å². The summed E-state index contributed by atoms with van der Waals surface area (Å²) in [6, 6.07) is 22.2. The van der Waals surface area contributed by atoms with Gasteiger partial charge in [0.1, 0.15) is 30.7 Å². The van der Waals surface area contributed by atoms with Gasteiger partial charge in [0.25, 0.3) is 0 Å². The number of ether oxygens (including phenoxy) is 2. The molecule has 2 aromatic carbocycles. The van der Waals surface area contributed by atoms with Crippen molar-refractivity contribution in [2.75, 3.05) is 6.61 Å². The number of aryl methyl sites for hydroxylation is 1. The standard InChI is InChI=1S/C24H22N2O4/c27-20-12-9-17(10-13-20)11-14-23(28)29-15-19-7-4-8-21(25-19)24-26-22(16-30-24)18-5-2-1-3-6-18/h1-10,12-13,22,27H,11,14-16H2/t22-/m0/s1. The first-order valence-electron chi connectivity index (χ1n) is 9.83. The fourth-order valence-electron chi connectivity index (χ4n) is 3.17. The first-order chi connectivity index (χ1) is 14.7.